The van der Waals surface area contributed by atoms with E-state index in [0.717, 1.165) is 60.0 Å². The largest absolute Gasteiger partial charge is 0.463 e. The van der Waals surface area contributed by atoms with Crippen LogP contribution in [0, 0.1) is 0 Å². The number of para-hydroxylation sites is 2. The van der Waals surface area contributed by atoms with Gasteiger partial charge in [-0.05, 0) is 154 Å². The molecule has 4 amide bonds. The summed E-state index contributed by atoms with van der Waals surface area (Å²) in [5, 5.41) is 11.5. The molecule has 118 heavy (non-hydrogen) atoms. The normalized spacial score (nSPS) is 15.9. The summed E-state index contributed by atoms with van der Waals surface area (Å²) >= 11 is 0. The summed E-state index contributed by atoms with van der Waals surface area (Å²) in [5.41, 5.74) is 6.25. The number of imide groups is 2. The molecular formula is C98H84N4O16. The lowest BCUT2D eigenvalue weighted by Gasteiger charge is -2.35. The predicted octanol–water partition coefficient (Wildman–Crippen LogP) is 21.3. The second-order valence-electron chi connectivity index (χ2n) is 32.1. The van der Waals surface area contributed by atoms with Gasteiger partial charge in [0.2, 0.25) is 0 Å². The van der Waals surface area contributed by atoms with Crippen LogP contribution in [-0.2, 0) is 28.5 Å². The van der Waals surface area contributed by atoms with E-state index in [2.05, 4.69) is 66.0 Å². The third kappa shape index (κ3) is 13.4. The quantitative estimate of drug-likeness (QED) is 0.0122. The number of amides is 4. The van der Waals surface area contributed by atoms with Gasteiger partial charge in [0.25, 0.3) is 23.6 Å². The number of nitrogens with zero attached hydrogens (tertiary/aromatic N) is 2. The zero-order valence-corrected chi connectivity index (χ0v) is 66.3. The maximum atomic E-state index is 17.0. The highest BCUT2D eigenvalue weighted by Crippen LogP contribution is 2.59. The van der Waals surface area contributed by atoms with Crippen molar-refractivity contribution in [3.8, 4) is 46.0 Å². The van der Waals surface area contributed by atoms with E-state index >= 15 is 28.8 Å². The standard InChI is InChI=1S/C98H84N4O16/c1-51(2)55-17-27-61(28-18-55)113-78-45-70-83-71(94(104)101(93(70)103)91(97(107)110-41-38-99-49-65-50-112-65)59-25-35-68-66-13-9-11-15-74(66)117-76(68)43-59)46-79(114-62-29-19-56(20-30-62)52(3)4)86-88-81(116-64-33-23-58(24-34-64)54(7)8)48-73-84-72(47-80(87(90(84)88)85(78)89(83)86)115-63-31-21-57(22-32-63)53(5)6)95(105)102(96(73)106)92(98(108)111-42-39-100-82-37-40-109-82)60-26-36-69-67-14-10-12-16-75(67)118-77(69)44-60/h9-36,43-48,51-54,65,82,91-92,99-100H,37-42,49-50H2,1-8H3. The second-order valence-corrected chi connectivity index (χ2v) is 32.1. The molecule has 0 saturated carbocycles. The molecule has 15 aromatic rings. The Kier molecular flexibility index (Phi) is 19.3. The van der Waals surface area contributed by atoms with Crippen molar-refractivity contribution in [3.05, 3.63) is 262 Å². The van der Waals surface area contributed by atoms with Gasteiger partial charge in [-0.1, -0.05) is 165 Å². The first-order valence-electron chi connectivity index (χ1n) is 40.3. The van der Waals surface area contributed by atoms with Gasteiger partial charge in [-0.25, -0.2) is 9.59 Å². The molecule has 4 atom stereocenters. The summed E-state index contributed by atoms with van der Waals surface area (Å²) in [6.45, 7) is 18.6. The van der Waals surface area contributed by atoms with E-state index in [1.807, 2.05) is 158 Å². The Hall–Kier alpha value is -13.0. The molecule has 0 radical (unpaired) electrons. The molecule has 0 spiro atoms. The van der Waals surface area contributed by atoms with Crippen molar-refractivity contribution >= 4 is 123 Å². The highest BCUT2D eigenvalue weighted by Gasteiger charge is 2.48. The van der Waals surface area contributed by atoms with Crippen LogP contribution in [0.4, 0.5) is 0 Å². The first-order valence-corrected chi connectivity index (χ1v) is 40.3. The van der Waals surface area contributed by atoms with Crippen LogP contribution in [0.25, 0.3) is 87.0 Å². The molecule has 0 aliphatic carbocycles. The zero-order valence-electron chi connectivity index (χ0n) is 66.3. The number of ether oxygens (including phenoxy) is 8. The Morgan fingerprint density at radius 2 is 0.703 bits per heavy atom. The number of benzene rings is 13. The molecule has 4 aliphatic rings. The molecule has 4 unspecified atom stereocenters. The van der Waals surface area contributed by atoms with Gasteiger partial charge in [0.1, 0.15) is 87.8 Å². The molecule has 19 rings (SSSR count). The van der Waals surface area contributed by atoms with Gasteiger partial charge >= 0.3 is 11.9 Å². The lowest BCUT2D eigenvalue weighted by Crippen LogP contribution is -2.47. The Morgan fingerprint density at radius 3 is 1.03 bits per heavy atom. The minimum absolute atomic E-state index is 0.0393. The van der Waals surface area contributed by atoms with Crippen LogP contribution in [0.5, 0.6) is 46.0 Å². The molecule has 6 heterocycles. The molecule has 2 N–H and O–H groups in total. The van der Waals surface area contributed by atoms with Gasteiger partial charge < -0.3 is 52.0 Å². The number of epoxide rings is 1. The Balaban J connectivity index is 0.909. The summed E-state index contributed by atoms with van der Waals surface area (Å²) in [5.74, 6) is -3.28. The van der Waals surface area contributed by atoms with E-state index in [9.17, 15) is 0 Å². The number of hydrogen-bond donors (Lipinski definition) is 2. The summed E-state index contributed by atoms with van der Waals surface area (Å²) < 4.78 is 66.1. The van der Waals surface area contributed by atoms with E-state index < -0.39 is 47.7 Å². The maximum Gasteiger partial charge on any atom is 0.334 e. The molecule has 2 fully saturated rings. The molecule has 4 aliphatic heterocycles. The minimum Gasteiger partial charge on any atom is -0.463 e. The van der Waals surface area contributed by atoms with Gasteiger partial charge in [-0.3, -0.25) is 34.3 Å². The van der Waals surface area contributed by atoms with Gasteiger partial charge in [-0.15, -0.1) is 0 Å². The SMILES string of the molecule is CC(C)c1ccc(Oc2cc3c4c(cc(Oc5ccc(C(C)C)cc5)c5c6c(Oc7ccc(C(C)C)cc7)cc7c8c(cc(Oc9ccc(C(C)C)cc9)c(c2c45)c86)C(=O)N(C(C(=O)OCCNC2CCO2)c2ccc4c(c2)oc2ccccc24)C7=O)C(=O)N(C(C(=O)OCCNCC2CO2)c2ccc4c(c2)oc2ccccc24)C3=O)cc1. The lowest BCUT2D eigenvalue weighted by molar-refractivity contribution is -0.149. The first kappa shape index (κ1) is 75.1. The summed E-state index contributed by atoms with van der Waals surface area (Å²) in [4.78, 5) is 101. The maximum absolute atomic E-state index is 17.0. The second kappa shape index (κ2) is 30.3. The Bertz CT molecular complexity index is 6130. The van der Waals surface area contributed by atoms with Crippen molar-refractivity contribution < 1.29 is 75.5 Å². The molecule has 0 bridgehead atoms. The van der Waals surface area contributed by atoms with Crippen molar-refractivity contribution in [2.45, 2.75) is 110 Å². The van der Waals surface area contributed by atoms with Crippen LogP contribution < -0.4 is 29.6 Å². The highest BCUT2D eigenvalue weighted by atomic mass is 16.6. The smallest absolute Gasteiger partial charge is 0.334 e. The highest BCUT2D eigenvalue weighted by molar-refractivity contribution is 6.45. The van der Waals surface area contributed by atoms with Crippen LogP contribution in [0.2, 0.25) is 0 Å². The average molecular weight is 1570 g/mol. The molecule has 2 aromatic heterocycles. The monoisotopic (exact) mass is 1570 g/mol. The number of esters is 2. The summed E-state index contributed by atoms with van der Waals surface area (Å²) in [6, 6.07) is 58.7. The van der Waals surface area contributed by atoms with Gasteiger partial charge in [-0.2, -0.15) is 0 Å². The van der Waals surface area contributed by atoms with Crippen molar-refractivity contribution in [1.82, 2.24) is 20.4 Å². The van der Waals surface area contributed by atoms with Crippen LogP contribution in [0.1, 0.15) is 172 Å². The van der Waals surface area contributed by atoms with Crippen LogP contribution in [-0.4, -0.2) is 104 Å². The summed E-state index contributed by atoms with van der Waals surface area (Å²) in [6.07, 6.45) is 0.580. The van der Waals surface area contributed by atoms with E-state index in [0.29, 0.717) is 65.1 Å². The van der Waals surface area contributed by atoms with E-state index in [1.54, 1.807) is 48.5 Å². The fraction of sp³-hybridized carbons (Fsp3) is 0.245. The van der Waals surface area contributed by atoms with E-state index in [-0.39, 0.29) is 162 Å². The first-order chi connectivity index (χ1) is 57.3. The number of nitrogens with one attached hydrogen (secondary N) is 2. The molecule has 20 heteroatoms. The van der Waals surface area contributed by atoms with Gasteiger partial charge in [0.05, 0.1) is 41.6 Å². The third-order valence-corrected chi connectivity index (χ3v) is 23.2. The van der Waals surface area contributed by atoms with Crippen molar-refractivity contribution in [3.63, 3.8) is 0 Å². The number of fused-ring (bicyclic) bond motifs is 8. The fourth-order valence-corrected chi connectivity index (χ4v) is 16.7. The Morgan fingerprint density at radius 1 is 0.381 bits per heavy atom. The van der Waals surface area contributed by atoms with Crippen molar-refractivity contribution in [1.29, 1.82) is 0 Å². The topological polar surface area (TPSA) is 236 Å². The van der Waals surface area contributed by atoms with Crippen LogP contribution in [0.3, 0.4) is 0 Å². The number of rotatable bonds is 27. The molecular weight excluding hydrogens is 1490 g/mol. The van der Waals surface area contributed by atoms with Crippen LogP contribution in [0.15, 0.2) is 215 Å². The van der Waals surface area contributed by atoms with Crippen LogP contribution >= 0.6 is 0 Å². The van der Waals surface area contributed by atoms with E-state index in [4.69, 9.17) is 46.7 Å². The van der Waals surface area contributed by atoms with Gasteiger partial charge in [0, 0.05) is 90.7 Å². The minimum atomic E-state index is -1.73. The molecule has 20 nitrogen and oxygen atoms in total. The average Bonchev–Trinajstić information content (AvgIpc) is 1.04. The molecule has 2 saturated heterocycles. The fourth-order valence-electron chi connectivity index (χ4n) is 16.7. The molecule has 592 valence electrons. The van der Waals surface area contributed by atoms with Crippen molar-refractivity contribution in [2.24, 2.45) is 0 Å². The summed E-state index contributed by atoms with van der Waals surface area (Å²) in [7, 11) is 0. The van der Waals surface area contributed by atoms with Gasteiger partial charge in [0.15, 0.2) is 12.1 Å². The van der Waals surface area contributed by atoms with E-state index in [1.165, 1.54) is 0 Å². The number of hydrogen-bond acceptors (Lipinski definition) is 18. The van der Waals surface area contributed by atoms with Crippen molar-refractivity contribution in [2.75, 3.05) is 46.1 Å². The Labute approximate surface area is 678 Å². The number of carbonyl (C=O) groups excluding carboxylic acids is 6. The predicted molar refractivity (Wildman–Crippen MR) is 451 cm³/mol. The zero-order chi connectivity index (χ0) is 81.1. The lowest BCUT2D eigenvalue weighted by atomic mass is 9.80. The third-order valence-electron chi connectivity index (χ3n) is 23.2. The molecule has 13 aromatic carbocycles. The number of furan rings is 2. The number of carbonyl (C=O) groups is 6.